The number of hydrogen-bond donors (Lipinski definition) is 3. The largest absolute Gasteiger partial charge is 0.497 e. The topological polar surface area (TPSA) is 213 Å². The van der Waals surface area contributed by atoms with Gasteiger partial charge in [-0.3, -0.25) is 18.9 Å². The van der Waals surface area contributed by atoms with E-state index in [4.69, 9.17) is 38.5 Å². The summed E-state index contributed by atoms with van der Waals surface area (Å²) in [7, 11) is 1.42. The van der Waals surface area contributed by atoms with E-state index in [2.05, 4.69) is 19.9 Å². The Kier molecular flexibility index (Phi) is 12.0. The van der Waals surface area contributed by atoms with Crippen molar-refractivity contribution in [2.75, 3.05) is 39.8 Å². The third-order valence-electron chi connectivity index (χ3n) is 11.5. The van der Waals surface area contributed by atoms with E-state index >= 15 is 0 Å². The molecular weight excluding hydrogens is 842 g/mol. The Hall–Kier alpha value is -6.15. The number of nitrogens with one attached hydrogen (secondary N) is 1. The molecule has 20 heteroatoms. The summed E-state index contributed by atoms with van der Waals surface area (Å²) in [5.41, 5.74) is 10.0. The zero-order valence-electron chi connectivity index (χ0n) is 35.4. The van der Waals surface area contributed by atoms with Crippen LogP contribution >= 0.6 is 7.75 Å². The van der Waals surface area contributed by atoms with E-state index in [1.54, 1.807) is 37.8 Å². The van der Waals surface area contributed by atoms with Crippen LogP contribution in [-0.4, -0.2) is 94.1 Å². The fraction of sp³-hybridized carbons (Fsp3) is 0.273. The summed E-state index contributed by atoms with van der Waals surface area (Å²) in [5.74, 6) is 1.72. The molecule has 64 heavy (non-hydrogen) atoms. The molecule has 9 rings (SSSR count). The summed E-state index contributed by atoms with van der Waals surface area (Å²) in [6.45, 7) is -0.0564. The molecule has 2 fully saturated rings. The lowest BCUT2D eigenvalue weighted by Gasteiger charge is -2.36. The van der Waals surface area contributed by atoms with Crippen molar-refractivity contribution in [3.63, 3.8) is 0 Å². The van der Waals surface area contributed by atoms with Gasteiger partial charge in [-0.2, -0.15) is 4.98 Å². The van der Waals surface area contributed by atoms with Gasteiger partial charge in [-0.05, 0) is 57.5 Å². The molecule has 18 nitrogen and oxygen atoms in total. The third kappa shape index (κ3) is 8.01. The molecule has 7 aromatic rings. The van der Waals surface area contributed by atoms with Gasteiger partial charge in [0.25, 0.3) is 5.56 Å². The number of ether oxygens (including phenoxy) is 4. The van der Waals surface area contributed by atoms with Gasteiger partial charge in [0, 0.05) is 33.0 Å². The predicted molar refractivity (Wildman–Crippen MR) is 236 cm³/mol. The van der Waals surface area contributed by atoms with Crippen LogP contribution in [0.1, 0.15) is 34.0 Å². The Morgan fingerprint density at radius 1 is 0.922 bits per heavy atom. The molecular formula is C44H46BN8O10P. The van der Waals surface area contributed by atoms with Crippen LogP contribution in [0.15, 0.2) is 127 Å². The number of H-pyrrole nitrogens is 1. The van der Waals surface area contributed by atoms with Crippen molar-refractivity contribution in [1.29, 1.82) is 0 Å². The van der Waals surface area contributed by atoms with Crippen LogP contribution < -0.4 is 31.1 Å². The van der Waals surface area contributed by atoms with Gasteiger partial charge < -0.3 is 43.8 Å². The van der Waals surface area contributed by atoms with Crippen molar-refractivity contribution in [3.8, 4) is 11.5 Å². The summed E-state index contributed by atoms with van der Waals surface area (Å²) in [6, 6.07) is 31.5. The normalized spacial score (nSPS) is 19.4. The van der Waals surface area contributed by atoms with E-state index < -0.39 is 50.6 Å². The molecule has 0 spiro atoms. The lowest BCUT2D eigenvalue weighted by Crippen LogP contribution is -2.39. The predicted octanol–water partition coefficient (Wildman–Crippen LogP) is 4.11. The Morgan fingerprint density at radius 2 is 1.59 bits per heavy atom. The first-order valence-corrected chi connectivity index (χ1v) is 21.9. The number of hydrogen-bond acceptors (Lipinski definition) is 14. The number of nitrogens with two attached hydrogens (primary N) is 1. The van der Waals surface area contributed by atoms with Crippen LogP contribution in [0, 0.1) is 0 Å². The monoisotopic (exact) mass is 888 g/mol. The van der Waals surface area contributed by atoms with Gasteiger partial charge in [0.1, 0.15) is 41.7 Å². The van der Waals surface area contributed by atoms with Gasteiger partial charge in [-0.15, -0.1) is 0 Å². The number of benzene rings is 4. The van der Waals surface area contributed by atoms with Gasteiger partial charge in [-0.1, -0.05) is 72.8 Å². The minimum absolute atomic E-state index is 0.0925. The van der Waals surface area contributed by atoms with Crippen LogP contribution in [0.4, 0.5) is 5.95 Å². The molecule has 0 amide bonds. The molecule has 5 heterocycles. The lowest BCUT2D eigenvalue weighted by molar-refractivity contribution is -0.0545. The zero-order chi connectivity index (χ0) is 44.6. The minimum Gasteiger partial charge on any atom is -0.497 e. The minimum atomic E-state index is -4.37. The van der Waals surface area contributed by atoms with Crippen molar-refractivity contribution in [3.05, 3.63) is 160 Å². The molecule has 0 radical (unpaired) electrons. The maximum absolute atomic E-state index is 13.2. The van der Waals surface area contributed by atoms with Gasteiger partial charge in [0.15, 0.2) is 17.4 Å². The number of aromatic nitrogens is 6. The van der Waals surface area contributed by atoms with Crippen molar-refractivity contribution in [2.24, 2.45) is 5.73 Å². The van der Waals surface area contributed by atoms with E-state index in [-0.39, 0.29) is 30.9 Å². The maximum Gasteiger partial charge on any atom is 0.495 e. The van der Waals surface area contributed by atoms with Crippen molar-refractivity contribution in [2.45, 2.75) is 43.3 Å². The highest BCUT2D eigenvalue weighted by Gasteiger charge is 2.56. The number of imidazole rings is 2. The van der Waals surface area contributed by atoms with E-state index in [1.165, 1.54) is 25.0 Å². The van der Waals surface area contributed by atoms with Crippen LogP contribution in [-0.2, 0) is 46.6 Å². The maximum atomic E-state index is 13.2. The van der Waals surface area contributed by atoms with Gasteiger partial charge in [0.05, 0.1) is 33.8 Å². The highest BCUT2D eigenvalue weighted by molar-refractivity contribution is 7.51. The molecule has 1 unspecified atom stereocenters. The van der Waals surface area contributed by atoms with E-state index in [1.807, 2.05) is 97.1 Å². The van der Waals surface area contributed by atoms with E-state index in [0.29, 0.717) is 22.9 Å². The van der Waals surface area contributed by atoms with Gasteiger partial charge in [-0.25, -0.2) is 18.9 Å². The first-order valence-electron chi connectivity index (χ1n) is 20.4. The average Bonchev–Trinajstić information content (AvgIpc) is 4.16. The van der Waals surface area contributed by atoms with Crippen molar-refractivity contribution < 1.29 is 42.2 Å². The highest BCUT2D eigenvalue weighted by atomic mass is 31.2. The van der Waals surface area contributed by atoms with E-state index in [0.717, 1.165) is 32.2 Å². The summed E-state index contributed by atoms with van der Waals surface area (Å²) in [4.78, 5) is 41.2. The molecule has 0 aliphatic carbocycles. The number of rotatable bonds is 16. The summed E-state index contributed by atoms with van der Waals surface area (Å²) < 4.78 is 59.6. The van der Waals surface area contributed by atoms with Crippen LogP contribution in [0.5, 0.6) is 11.5 Å². The lowest BCUT2D eigenvalue weighted by atomic mass is 9.75. The molecule has 4 aromatic carbocycles. The first kappa shape index (κ1) is 43.1. The molecule has 2 aliphatic rings. The molecule has 0 saturated carbocycles. The molecule has 4 N–H and O–H groups in total. The quantitative estimate of drug-likeness (QED) is 0.0708. The number of aromatic amines is 1. The SMILES string of the molecule is COc1ccc(C(OCc2ccc(CN)c(B3O[C@@H]4[C@H](O3)[C@@H](COP(=O)(O)n3ccnc3)O[C@H]4n3cnc4c(=O)[nH]c(N(C)C)nc43)c2)(c2ccccc2)c2ccc(OC)cc2)cc1. The molecule has 330 valence electrons. The molecule has 5 atom stereocenters. The second kappa shape index (κ2) is 17.8. The summed E-state index contributed by atoms with van der Waals surface area (Å²) in [6.07, 6.45) is 1.82. The van der Waals surface area contributed by atoms with Crippen LogP contribution in [0.3, 0.4) is 0 Å². The second-order valence-corrected chi connectivity index (χ2v) is 17.2. The molecule has 3 aromatic heterocycles. The standard InChI is InChI=1S/C44H46BN8O10P/c1-51(2)43-49-40-37(41(54)50-43)48-27-53(40)42-39-38(36(61-42)25-60-64(55,56)52-21-20-47-26-52)62-45(63-39)35-22-28(10-11-29(35)23-46)24-59-44(30-8-6-5-7-9-30,31-12-16-33(57-3)17-13-31)32-14-18-34(58-4)19-15-32/h5-22,26-27,36,38-39,42H,23-25,46H2,1-4H3,(H,55,56)(H,49,50,54)/t36-,38-,39-,42-/m1/s1. The molecule has 0 bridgehead atoms. The summed E-state index contributed by atoms with van der Waals surface area (Å²) >= 11 is 0. The summed E-state index contributed by atoms with van der Waals surface area (Å²) in [5, 5.41) is 0. The van der Waals surface area contributed by atoms with Crippen molar-refractivity contribution >= 4 is 37.4 Å². The Bertz CT molecular complexity index is 2780. The Labute approximate surface area is 368 Å². The number of fused-ring (bicyclic) bond motifs is 2. The van der Waals surface area contributed by atoms with Crippen LogP contribution in [0.2, 0.25) is 0 Å². The van der Waals surface area contributed by atoms with Gasteiger partial charge >= 0.3 is 14.9 Å². The zero-order valence-corrected chi connectivity index (χ0v) is 36.3. The van der Waals surface area contributed by atoms with Crippen molar-refractivity contribution in [1.82, 2.24) is 28.8 Å². The molecule has 2 aliphatic heterocycles. The molecule has 2 saturated heterocycles. The fourth-order valence-electron chi connectivity index (χ4n) is 8.20. The Morgan fingerprint density at radius 3 is 2.22 bits per heavy atom. The number of anilines is 1. The van der Waals surface area contributed by atoms with Crippen LogP contribution in [0.25, 0.3) is 11.2 Å². The number of methoxy groups -OCH3 is 2. The first-order chi connectivity index (χ1) is 31.0. The number of nitrogens with zero attached hydrogens (tertiary/aromatic N) is 6. The third-order valence-corrected chi connectivity index (χ3v) is 12.8. The fourth-order valence-corrected chi connectivity index (χ4v) is 9.09. The Balaban J connectivity index is 1.07. The van der Waals surface area contributed by atoms with E-state index in [9.17, 15) is 14.3 Å². The second-order valence-electron chi connectivity index (χ2n) is 15.5. The highest BCUT2D eigenvalue weighted by Crippen LogP contribution is 2.47. The van der Waals surface area contributed by atoms with Gasteiger partial charge in [0.2, 0.25) is 5.95 Å². The smallest absolute Gasteiger partial charge is 0.495 e. The average molecular weight is 889 g/mol.